The van der Waals surface area contributed by atoms with Gasteiger partial charge in [0.05, 0.1) is 27.7 Å². The van der Waals surface area contributed by atoms with Crippen LogP contribution in [0.5, 0.6) is 0 Å². The molecule has 6 rings (SSSR count). The number of aromatic nitrogens is 3. The van der Waals surface area contributed by atoms with Crippen LogP contribution in [0.3, 0.4) is 0 Å². The minimum Gasteiger partial charge on any atom is -0.480 e. The molecule has 1 atom stereocenters. The molecule has 266 valence electrons. The van der Waals surface area contributed by atoms with Crippen molar-refractivity contribution in [2.45, 2.75) is 31.2 Å². The number of imidazole rings is 1. The second kappa shape index (κ2) is 13.9. The molecule has 0 aliphatic carbocycles. The van der Waals surface area contributed by atoms with Crippen LogP contribution in [-0.2, 0) is 30.9 Å². The SMILES string of the molecule is CNC(Cc1cccc2c(-c3c(C(F)(F)F)c4ccccc4n(C)c3=O)cccc12)C(=O)O.O=Cc1c(F)cc2[nH]c(CC(F)(F)F)nc2c1F. The van der Waals surface area contributed by atoms with Crippen molar-refractivity contribution in [3.63, 3.8) is 0 Å². The summed E-state index contributed by atoms with van der Waals surface area (Å²) in [5.74, 6) is -4.01. The fourth-order valence-electron chi connectivity index (χ4n) is 5.87. The van der Waals surface area contributed by atoms with Crippen molar-refractivity contribution in [3.8, 4) is 11.1 Å². The van der Waals surface area contributed by atoms with Crippen LogP contribution in [-0.4, -0.2) is 51.2 Å². The van der Waals surface area contributed by atoms with E-state index < -0.39 is 76.0 Å². The Labute approximate surface area is 282 Å². The summed E-state index contributed by atoms with van der Waals surface area (Å²) in [6.45, 7) is 0. The molecule has 16 heteroatoms. The monoisotopic (exact) mass is 718 g/mol. The van der Waals surface area contributed by atoms with Crippen LogP contribution in [0.1, 0.15) is 27.3 Å². The third kappa shape index (κ3) is 7.31. The minimum absolute atomic E-state index is 0.0534. The molecular formula is C35H26F8N4O4. The van der Waals surface area contributed by atoms with Gasteiger partial charge in [0.1, 0.15) is 29.6 Å². The molecule has 0 aliphatic rings. The number of carboxylic acids is 1. The van der Waals surface area contributed by atoms with Crippen molar-refractivity contribution in [1.29, 1.82) is 0 Å². The highest BCUT2D eigenvalue weighted by atomic mass is 19.4. The fourth-order valence-corrected chi connectivity index (χ4v) is 5.87. The summed E-state index contributed by atoms with van der Waals surface area (Å²) < 4.78 is 107. The van der Waals surface area contributed by atoms with E-state index >= 15 is 0 Å². The molecular weight excluding hydrogens is 692 g/mol. The van der Waals surface area contributed by atoms with Gasteiger partial charge < -0.3 is 20.0 Å². The van der Waals surface area contributed by atoms with E-state index in [-0.39, 0.29) is 34.7 Å². The van der Waals surface area contributed by atoms with Crippen LogP contribution >= 0.6 is 0 Å². The average molecular weight is 719 g/mol. The van der Waals surface area contributed by atoms with Gasteiger partial charge in [-0.05, 0) is 41.4 Å². The fraction of sp³-hybridized carbons (Fsp3) is 0.200. The lowest BCUT2D eigenvalue weighted by Crippen LogP contribution is -2.35. The number of nitrogens with zero attached hydrogens (tertiary/aromatic N) is 2. The molecule has 2 aromatic heterocycles. The van der Waals surface area contributed by atoms with E-state index in [4.69, 9.17) is 0 Å². The number of aliphatic carboxylic acids is 1. The molecule has 8 nitrogen and oxygen atoms in total. The van der Waals surface area contributed by atoms with Crippen LogP contribution in [0.2, 0.25) is 0 Å². The van der Waals surface area contributed by atoms with Gasteiger partial charge in [0.2, 0.25) is 0 Å². The minimum atomic E-state index is -4.76. The Morgan fingerprint density at radius 3 is 2.25 bits per heavy atom. The molecule has 0 spiro atoms. The van der Waals surface area contributed by atoms with Crippen LogP contribution in [0, 0.1) is 11.6 Å². The largest absolute Gasteiger partial charge is 0.480 e. The first-order valence-corrected chi connectivity index (χ1v) is 14.9. The van der Waals surface area contributed by atoms with Gasteiger partial charge >= 0.3 is 18.3 Å². The van der Waals surface area contributed by atoms with Gasteiger partial charge in [-0.2, -0.15) is 26.3 Å². The summed E-state index contributed by atoms with van der Waals surface area (Å²) in [5.41, 5.74) is -2.71. The zero-order chi connectivity index (χ0) is 37.4. The Morgan fingerprint density at radius 1 is 0.980 bits per heavy atom. The lowest BCUT2D eigenvalue weighted by atomic mass is 9.90. The molecule has 0 radical (unpaired) electrons. The molecule has 6 aromatic rings. The maximum Gasteiger partial charge on any atom is 0.417 e. The second-order valence-electron chi connectivity index (χ2n) is 11.4. The third-order valence-corrected chi connectivity index (χ3v) is 8.18. The topological polar surface area (TPSA) is 117 Å². The van der Waals surface area contributed by atoms with Crippen molar-refractivity contribution in [2.24, 2.45) is 7.05 Å². The van der Waals surface area contributed by atoms with Crippen LogP contribution in [0.4, 0.5) is 35.1 Å². The van der Waals surface area contributed by atoms with Gasteiger partial charge in [-0.1, -0.05) is 54.6 Å². The lowest BCUT2D eigenvalue weighted by molar-refractivity contribution is -0.139. The predicted molar refractivity (Wildman–Crippen MR) is 172 cm³/mol. The quantitative estimate of drug-likeness (QED) is 0.117. The Kier molecular flexibility index (Phi) is 10.0. The number of alkyl halides is 6. The summed E-state index contributed by atoms with van der Waals surface area (Å²) in [6, 6.07) is 15.7. The van der Waals surface area contributed by atoms with Crippen molar-refractivity contribution in [2.75, 3.05) is 7.05 Å². The zero-order valence-electron chi connectivity index (χ0n) is 26.5. The molecule has 51 heavy (non-hydrogen) atoms. The number of carbonyl (C=O) groups is 2. The number of aldehydes is 1. The van der Waals surface area contributed by atoms with E-state index in [1.165, 1.54) is 42.9 Å². The van der Waals surface area contributed by atoms with Crippen molar-refractivity contribution in [3.05, 3.63) is 111 Å². The highest BCUT2D eigenvalue weighted by Gasteiger charge is 2.38. The number of carboxylic acid groups (broad SMARTS) is 1. The number of halogens is 8. The number of pyridine rings is 1. The summed E-state index contributed by atoms with van der Waals surface area (Å²) >= 11 is 0. The number of fused-ring (bicyclic) bond motifs is 3. The highest BCUT2D eigenvalue weighted by molar-refractivity contribution is 6.01. The number of H-pyrrole nitrogens is 1. The van der Waals surface area contributed by atoms with Crippen LogP contribution in [0.25, 0.3) is 43.8 Å². The van der Waals surface area contributed by atoms with E-state index in [2.05, 4.69) is 15.3 Å². The van der Waals surface area contributed by atoms with E-state index in [9.17, 15) is 54.6 Å². The molecule has 2 heterocycles. The van der Waals surface area contributed by atoms with E-state index in [0.29, 0.717) is 16.3 Å². The summed E-state index contributed by atoms with van der Waals surface area (Å²) in [6.07, 6.45) is -10.6. The first kappa shape index (κ1) is 36.6. The second-order valence-corrected chi connectivity index (χ2v) is 11.4. The normalized spacial score (nSPS) is 12.6. The number of benzene rings is 4. The predicted octanol–water partition coefficient (Wildman–Crippen LogP) is 7.35. The summed E-state index contributed by atoms with van der Waals surface area (Å²) in [4.78, 5) is 40.7. The van der Waals surface area contributed by atoms with Crippen molar-refractivity contribution in [1.82, 2.24) is 19.9 Å². The van der Waals surface area contributed by atoms with E-state index in [1.54, 1.807) is 36.4 Å². The van der Waals surface area contributed by atoms with Gasteiger partial charge in [0, 0.05) is 18.5 Å². The number of aryl methyl sites for hydroxylation is 1. The molecule has 0 saturated heterocycles. The van der Waals surface area contributed by atoms with Gasteiger partial charge in [0.25, 0.3) is 5.56 Å². The summed E-state index contributed by atoms with van der Waals surface area (Å²) in [5, 5.41) is 13.1. The van der Waals surface area contributed by atoms with Crippen LogP contribution in [0.15, 0.2) is 71.5 Å². The van der Waals surface area contributed by atoms with Gasteiger partial charge in [-0.3, -0.25) is 14.4 Å². The van der Waals surface area contributed by atoms with E-state index in [1.807, 2.05) is 0 Å². The first-order valence-electron chi connectivity index (χ1n) is 14.9. The third-order valence-electron chi connectivity index (χ3n) is 8.18. The maximum absolute atomic E-state index is 14.3. The van der Waals surface area contributed by atoms with Gasteiger partial charge in [-0.25, -0.2) is 13.8 Å². The molecule has 4 aromatic carbocycles. The standard InChI is InChI=1S/C25H21F3N2O3.C10H5F5N2O/c1-29-19(24(32)33)13-14-7-5-10-16-15(14)9-6-11-17(16)21-22(25(26,27)28)18-8-3-4-12-20(18)30(2)23(21)31;11-5-1-6-9(8(12)4(5)3-18)17-7(16-6)2-10(13,14)15/h3-12,19,29H,13H2,1-2H3,(H,32,33);1,3H,2H2,(H,16,17). The molecule has 0 bridgehead atoms. The Morgan fingerprint density at radius 2 is 1.63 bits per heavy atom. The van der Waals surface area contributed by atoms with E-state index in [0.717, 1.165) is 6.07 Å². The first-order chi connectivity index (χ1) is 24.0. The lowest BCUT2D eigenvalue weighted by Gasteiger charge is -2.20. The number of aromatic amines is 1. The Hall–Kier alpha value is -5.64. The molecule has 0 saturated carbocycles. The van der Waals surface area contributed by atoms with Crippen molar-refractivity contribution < 1.29 is 49.8 Å². The number of nitrogens with one attached hydrogen (secondary N) is 2. The highest BCUT2D eigenvalue weighted by Crippen LogP contribution is 2.42. The molecule has 3 N–H and O–H groups in total. The number of para-hydroxylation sites is 1. The number of rotatable bonds is 7. The molecule has 1 unspecified atom stereocenters. The zero-order valence-corrected chi connectivity index (χ0v) is 26.5. The maximum atomic E-state index is 14.3. The number of hydrogen-bond donors (Lipinski definition) is 3. The number of likely N-dealkylation sites (N-methyl/N-ethyl adjacent to an activating group) is 1. The Bertz CT molecular complexity index is 2360. The Balaban J connectivity index is 0.000000236. The average Bonchev–Trinajstić information content (AvgIpc) is 3.45. The van der Waals surface area contributed by atoms with Gasteiger partial charge in [-0.15, -0.1) is 0 Å². The van der Waals surface area contributed by atoms with Crippen molar-refractivity contribution >= 4 is 45.0 Å². The van der Waals surface area contributed by atoms with Gasteiger partial charge in [0.15, 0.2) is 12.1 Å². The van der Waals surface area contributed by atoms with Crippen LogP contribution < -0.4 is 10.9 Å². The summed E-state index contributed by atoms with van der Waals surface area (Å²) in [7, 11) is 2.99. The number of hydrogen-bond acceptors (Lipinski definition) is 5. The molecule has 0 fully saturated rings. The molecule has 0 amide bonds. The smallest absolute Gasteiger partial charge is 0.417 e. The number of carbonyl (C=O) groups excluding carboxylic acids is 1. The molecule has 0 aliphatic heterocycles.